The van der Waals surface area contributed by atoms with Gasteiger partial charge in [-0.15, -0.1) is 0 Å². The predicted octanol–water partition coefficient (Wildman–Crippen LogP) is 2.49. The molecule has 4 nitrogen and oxygen atoms in total. The Labute approximate surface area is 123 Å². The van der Waals surface area contributed by atoms with Crippen LogP contribution in [-0.4, -0.2) is 50.9 Å². The van der Waals surface area contributed by atoms with Crippen LogP contribution < -0.4 is 0 Å². The average molecular weight is 288 g/mol. The molecule has 0 radical (unpaired) electrons. The van der Waals surface area contributed by atoms with Crippen LogP contribution in [-0.2, 0) is 14.2 Å². The first-order valence-electron chi connectivity index (χ1n) is 8.03. The molecule has 0 amide bonds. The van der Waals surface area contributed by atoms with Crippen molar-refractivity contribution < 1.29 is 19.3 Å². The summed E-state index contributed by atoms with van der Waals surface area (Å²) in [7, 11) is 0. The lowest BCUT2D eigenvalue weighted by Crippen LogP contribution is -2.35. The normalized spacial score (nSPS) is 27.1. The topological polar surface area (TPSA) is 47.9 Å². The lowest BCUT2D eigenvalue weighted by Gasteiger charge is -2.37. The average Bonchev–Trinajstić information content (AvgIpc) is 2.41. The van der Waals surface area contributed by atoms with E-state index in [1.807, 2.05) is 0 Å². The van der Waals surface area contributed by atoms with Crippen LogP contribution in [0.3, 0.4) is 0 Å². The van der Waals surface area contributed by atoms with Gasteiger partial charge in [0.25, 0.3) is 0 Å². The zero-order chi connectivity index (χ0) is 14.8. The van der Waals surface area contributed by atoms with Gasteiger partial charge in [-0.3, -0.25) is 0 Å². The highest BCUT2D eigenvalue weighted by Gasteiger charge is 2.31. The lowest BCUT2D eigenvalue weighted by atomic mass is 9.75. The van der Waals surface area contributed by atoms with Crippen molar-refractivity contribution in [1.82, 2.24) is 0 Å². The van der Waals surface area contributed by atoms with Gasteiger partial charge in [0, 0.05) is 0 Å². The molecule has 20 heavy (non-hydrogen) atoms. The molecule has 0 aliphatic heterocycles. The summed E-state index contributed by atoms with van der Waals surface area (Å²) >= 11 is 0. The Morgan fingerprint density at radius 2 is 1.65 bits per heavy atom. The smallest absolute Gasteiger partial charge is 0.0704 e. The molecule has 0 aromatic rings. The Kier molecular flexibility index (Phi) is 9.44. The van der Waals surface area contributed by atoms with Crippen molar-refractivity contribution in [2.75, 3.05) is 39.6 Å². The van der Waals surface area contributed by atoms with Gasteiger partial charge in [-0.05, 0) is 30.6 Å². The molecule has 4 heteroatoms. The summed E-state index contributed by atoms with van der Waals surface area (Å²) < 4.78 is 16.6. The number of rotatable bonds is 10. The summed E-state index contributed by atoms with van der Waals surface area (Å²) in [4.78, 5) is 0. The zero-order valence-corrected chi connectivity index (χ0v) is 13.3. The third kappa shape index (κ3) is 7.02. The van der Waals surface area contributed by atoms with Gasteiger partial charge >= 0.3 is 0 Å². The summed E-state index contributed by atoms with van der Waals surface area (Å²) in [6.07, 6.45) is 4.21. The molecular formula is C16H32O4. The van der Waals surface area contributed by atoms with Crippen molar-refractivity contribution in [2.24, 2.45) is 17.8 Å². The van der Waals surface area contributed by atoms with Crippen molar-refractivity contribution in [1.29, 1.82) is 0 Å². The third-order valence-electron chi connectivity index (χ3n) is 4.13. The van der Waals surface area contributed by atoms with Gasteiger partial charge in [-0.1, -0.05) is 27.2 Å². The number of aliphatic hydroxyl groups excluding tert-OH is 1. The molecule has 1 rings (SSSR count). The Bertz CT molecular complexity index is 233. The fourth-order valence-electron chi connectivity index (χ4n) is 2.95. The van der Waals surface area contributed by atoms with Gasteiger partial charge < -0.3 is 19.3 Å². The SMILES string of the molecule is CC1CCC(C(C)C)C(OCCOCCOCCO)C1. The Balaban J connectivity index is 2.09. The van der Waals surface area contributed by atoms with Crippen LogP contribution in [0.25, 0.3) is 0 Å². The van der Waals surface area contributed by atoms with E-state index in [2.05, 4.69) is 20.8 Å². The number of ether oxygens (including phenoxy) is 3. The van der Waals surface area contributed by atoms with Crippen LogP contribution >= 0.6 is 0 Å². The van der Waals surface area contributed by atoms with E-state index in [1.165, 1.54) is 19.3 Å². The summed E-state index contributed by atoms with van der Waals surface area (Å²) in [5.41, 5.74) is 0. The Morgan fingerprint density at radius 1 is 1.00 bits per heavy atom. The minimum Gasteiger partial charge on any atom is -0.394 e. The molecule has 1 fully saturated rings. The van der Waals surface area contributed by atoms with Crippen molar-refractivity contribution in [3.8, 4) is 0 Å². The fraction of sp³-hybridized carbons (Fsp3) is 1.00. The van der Waals surface area contributed by atoms with E-state index in [0.29, 0.717) is 51.0 Å². The van der Waals surface area contributed by atoms with Crippen molar-refractivity contribution in [3.05, 3.63) is 0 Å². The monoisotopic (exact) mass is 288 g/mol. The number of hydrogen-bond acceptors (Lipinski definition) is 4. The van der Waals surface area contributed by atoms with E-state index < -0.39 is 0 Å². The fourth-order valence-corrected chi connectivity index (χ4v) is 2.95. The first kappa shape index (κ1) is 17.9. The molecule has 1 saturated carbocycles. The molecule has 0 saturated heterocycles. The van der Waals surface area contributed by atoms with Crippen molar-refractivity contribution >= 4 is 0 Å². The number of aliphatic hydroxyl groups is 1. The quantitative estimate of drug-likeness (QED) is 0.627. The molecular weight excluding hydrogens is 256 g/mol. The minimum atomic E-state index is 0.0690. The Hall–Kier alpha value is -0.160. The van der Waals surface area contributed by atoms with Crippen LogP contribution in [0, 0.1) is 17.8 Å². The summed E-state index contributed by atoms with van der Waals surface area (Å²) in [6.45, 7) is 9.77. The molecule has 3 unspecified atom stereocenters. The van der Waals surface area contributed by atoms with Crippen LogP contribution in [0.2, 0.25) is 0 Å². The summed E-state index contributed by atoms with van der Waals surface area (Å²) in [6, 6.07) is 0. The van der Waals surface area contributed by atoms with E-state index in [4.69, 9.17) is 19.3 Å². The predicted molar refractivity (Wildman–Crippen MR) is 79.8 cm³/mol. The maximum absolute atomic E-state index is 8.56. The maximum atomic E-state index is 8.56. The zero-order valence-electron chi connectivity index (χ0n) is 13.3. The van der Waals surface area contributed by atoms with Crippen LogP contribution in [0.4, 0.5) is 0 Å². The van der Waals surface area contributed by atoms with E-state index in [-0.39, 0.29) is 6.61 Å². The van der Waals surface area contributed by atoms with Gasteiger partial charge in [0.1, 0.15) is 0 Å². The van der Waals surface area contributed by atoms with Crippen LogP contribution in [0.1, 0.15) is 40.0 Å². The molecule has 0 bridgehead atoms. The van der Waals surface area contributed by atoms with E-state index >= 15 is 0 Å². The second kappa shape index (κ2) is 10.6. The van der Waals surface area contributed by atoms with E-state index in [1.54, 1.807) is 0 Å². The lowest BCUT2D eigenvalue weighted by molar-refractivity contribution is -0.0627. The second-order valence-corrected chi connectivity index (χ2v) is 6.18. The summed E-state index contributed by atoms with van der Waals surface area (Å²) in [5.74, 6) is 2.17. The van der Waals surface area contributed by atoms with Crippen LogP contribution in [0.5, 0.6) is 0 Å². The van der Waals surface area contributed by atoms with Crippen molar-refractivity contribution in [3.63, 3.8) is 0 Å². The summed E-state index contributed by atoms with van der Waals surface area (Å²) in [5, 5.41) is 8.56. The van der Waals surface area contributed by atoms with Gasteiger partial charge in [-0.2, -0.15) is 0 Å². The highest BCUT2D eigenvalue weighted by molar-refractivity contribution is 4.81. The molecule has 0 aromatic heterocycles. The van der Waals surface area contributed by atoms with Gasteiger partial charge in [0.05, 0.1) is 45.7 Å². The molecule has 120 valence electrons. The standard InChI is InChI=1S/C16H32O4/c1-13(2)15-5-4-14(3)12-16(15)20-11-10-19-9-8-18-7-6-17/h13-17H,4-12H2,1-3H3. The van der Waals surface area contributed by atoms with Gasteiger partial charge in [0.15, 0.2) is 0 Å². The first-order chi connectivity index (χ1) is 9.65. The maximum Gasteiger partial charge on any atom is 0.0704 e. The van der Waals surface area contributed by atoms with E-state index in [0.717, 1.165) is 5.92 Å². The highest BCUT2D eigenvalue weighted by Crippen LogP contribution is 2.35. The van der Waals surface area contributed by atoms with Crippen molar-refractivity contribution in [2.45, 2.75) is 46.1 Å². The molecule has 1 aliphatic carbocycles. The molecule has 0 spiro atoms. The van der Waals surface area contributed by atoms with Crippen LogP contribution in [0.15, 0.2) is 0 Å². The first-order valence-corrected chi connectivity index (χ1v) is 8.03. The molecule has 0 heterocycles. The minimum absolute atomic E-state index is 0.0690. The van der Waals surface area contributed by atoms with E-state index in [9.17, 15) is 0 Å². The highest BCUT2D eigenvalue weighted by atomic mass is 16.5. The molecule has 1 aliphatic rings. The molecule has 3 atom stereocenters. The van der Waals surface area contributed by atoms with Gasteiger partial charge in [-0.25, -0.2) is 0 Å². The molecule has 1 N–H and O–H groups in total. The third-order valence-corrected chi connectivity index (χ3v) is 4.13. The molecule has 0 aromatic carbocycles. The Morgan fingerprint density at radius 3 is 2.30 bits per heavy atom. The second-order valence-electron chi connectivity index (χ2n) is 6.18. The number of hydrogen-bond donors (Lipinski definition) is 1. The van der Waals surface area contributed by atoms with Gasteiger partial charge in [0.2, 0.25) is 0 Å². The largest absolute Gasteiger partial charge is 0.394 e.